The van der Waals surface area contributed by atoms with Crippen LogP contribution in [0.5, 0.6) is 0 Å². The molecule has 1 atom stereocenters. The van der Waals surface area contributed by atoms with Crippen LogP contribution in [0.25, 0.3) is 6.08 Å². The van der Waals surface area contributed by atoms with E-state index in [1.54, 1.807) is 37.3 Å². The molecule has 0 aliphatic carbocycles. The molecule has 1 aliphatic heterocycles. The fourth-order valence-electron chi connectivity index (χ4n) is 3.65. The zero-order chi connectivity index (χ0) is 23.7. The van der Waals surface area contributed by atoms with Crippen molar-refractivity contribution in [2.75, 3.05) is 4.90 Å². The van der Waals surface area contributed by atoms with Crippen molar-refractivity contribution in [2.24, 2.45) is 0 Å². The normalized spacial score (nSPS) is 16.2. The smallest absolute Gasteiger partial charge is 0.296 e. The lowest BCUT2D eigenvalue weighted by molar-refractivity contribution is -0.117. The number of ketones is 2. The molecule has 1 aromatic heterocycles. The van der Waals surface area contributed by atoms with Gasteiger partial charge in [0, 0.05) is 11.9 Å². The van der Waals surface area contributed by atoms with Crippen LogP contribution in [0.2, 0.25) is 5.02 Å². The highest BCUT2D eigenvalue weighted by Gasteiger charge is 2.45. The summed E-state index contributed by atoms with van der Waals surface area (Å²) < 4.78 is 0. The van der Waals surface area contributed by atoms with Crippen LogP contribution in [0.1, 0.15) is 39.5 Å². The van der Waals surface area contributed by atoms with Crippen LogP contribution in [0.15, 0.2) is 72.0 Å². The number of hydrogen-bond donors (Lipinski definition) is 1. The molecule has 4 rings (SSSR count). The van der Waals surface area contributed by atoms with Crippen LogP contribution in [-0.2, 0) is 9.59 Å². The first-order valence-electron chi connectivity index (χ1n) is 10.1. The first-order valence-corrected chi connectivity index (χ1v) is 11.3. The Morgan fingerprint density at radius 2 is 1.79 bits per heavy atom. The number of carbonyl (C=O) groups is 3. The number of anilines is 1. The maximum atomic E-state index is 13.2. The summed E-state index contributed by atoms with van der Waals surface area (Å²) >= 11 is 7.08. The van der Waals surface area contributed by atoms with Crippen LogP contribution in [0.4, 0.5) is 5.13 Å². The van der Waals surface area contributed by atoms with Gasteiger partial charge in [-0.2, -0.15) is 0 Å². The fourth-order valence-corrected chi connectivity index (χ4v) is 4.77. The number of allylic oxidation sites excluding steroid dienone is 1. The molecule has 0 spiro atoms. The summed E-state index contributed by atoms with van der Waals surface area (Å²) in [6, 6.07) is 15.0. The Bertz CT molecular complexity index is 1310. The number of thiazole rings is 1. The molecular formula is C25H19ClN2O4S. The zero-order valence-electron chi connectivity index (χ0n) is 17.8. The largest absolute Gasteiger partial charge is 0.503 e. The van der Waals surface area contributed by atoms with Gasteiger partial charge in [0.15, 0.2) is 22.5 Å². The van der Waals surface area contributed by atoms with Gasteiger partial charge in [0.1, 0.15) is 0 Å². The van der Waals surface area contributed by atoms with Gasteiger partial charge >= 0.3 is 0 Å². The number of hydrogen-bond acceptors (Lipinski definition) is 6. The van der Waals surface area contributed by atoms with E-state index in [2.05, 4.69) is 4.98 Å². The van der Waals surface area contributed by atoms with E-state index < -0.39 is 23.5 Å². The van der Waals surface area contributed by atoms with Crippen LogP contribution in [0, 0.1) is 6.92 Å². The van der Waals surface area contributed by atoms with Gasteiger partial charge in [-0.1, -0.05) is 71.5 Å². The lowest BCUT2D eigenvalue weighted by Gasteiger charge is -2.24. The van der Waals surface area contributed by atoms with Gasteiger partial charge in [-0.25, -0.2) is 4.98 Å². The molecule has 0 bridgehead atoms. The molecule has 1 unspecified atom stereocenters. The Balaban J connectivity index is 1.80. The van der Waals surface area contributed by atoms with Gasteiger partial charge in [-0.3, -0.25) is 19.3 Å². The average Bonchev–Trinajstić information content (AvgIpc) is 3.31. The number of carbonyl (C=O) groups excluding carboxylic acids is 3. The molecule has 2 heterocycles. The van der Waals surface area contributed by atoms with Crippen molar-refractivity contribution in [1.29, 1.82) is 0 Å². The van der Waals surface area contributed by atoms with Crippen molar-refractivity contribution in [3.05, 3.63) is 98.7 Å². The third kappa shape index (κ3) is 4.37. The van der Waals surface area contributed by atoms with Crippen LogP contribution >= 0.6 is 22.9 Å². The van der Waals surface area contributed by atoms with Gasteiger partial charge in [0.05, 0.1) is 22.2 Å². The van der Waals surface area contributed by atoms with E-state index in [4.69, 9.17) is 11.6 Å². The predicted octanol–water partition coefficient (Wildman–Crippen LogP) is 5.49. The summed E-state index contributed by atoms with van der Waals surface area (Å²) in [5.41, 5.74) is 1.79. The molecule has 1 amide bonds. The molecular weight excluding hydrogens is 460 g/mol. The molecule has 0 saturated carbocycles. The molecule has 3 aromatic rings. The minimum atomic E-state index is -0.923. The lowest BCUT2D eigenvalue weighted by atomic mass is 9.96. The van der Waals surface area contributed by atoms with E-state index in [1.165, 1.54) is 17.9 Å². The van der Waals surface area contributed by atoms with E-state index in [0.29, 0.717) is 21.2 Å². The summed E-state index contributed by atoms with van der Waals surface area (Å²) in [5.74, 6) is -2.08. The second kappa shape index (κ2) is 9.13. The van der Waals surface area contributed by atoms with Crippen LogP contribution < -0.4 is 4.90 Å². The second-order valence-electron chi connectivity index (χ2n) is 7.47. The van der Waals surface area contributed by atoms with E-state index in [-0.39, 0.29) is 16.5 Å². The number of rotatable bonds is 6. The Morgan fingerprint density at radius 3 is 2.39 bits per heavy atom. The quantitative estimate of drug-likeness (QED) is 0.374. The van der Waals surface area contributed by atoms with E-state index >= 15 is 0 Å². The number of Topliss-reactive ketones (excluding diaryl/α,β-unsaturated/α-hetero) is 1. The number of aryl methyl sites for hydroxylation is 1. The van der Waals surface area contributed by atoms with Crippen molar-refractivity contribution in [3.8, 4) is 0 Å². The number of nitrogens with zero attached hydrogens (tertiary/aromatic N) is 2. The number of benzene rings is 2. The molecule has 1 aliphatic rings. The van der Waals surface area contributed by atoms with Gasteiger partial charge in [-0.15, -0.1) is 0 Å². The molecule has 1 N–H and O–H groups in total. The summed E-state index contributed by atoms with van der Waals surface area (Å²) in [6.07, 6.45) is 2.95. The minimum Gasteiger partial charge on any atom is -0.503 e. The fraction of sp³-hybridized carbons (Fsp3) is 0.120. The number of aromatic nitrogens is 1. The first-order chi connectivity index (χ1) is 15.8. The Morgan fingerprint density at radius 1 is 1.12 bits per heavy atom. The number of amides is 1. The number of aliphatic hydroxyl groups is 1. The second-order valence-corrected chi connectivity index (χ2v) is 8.88. The SMILES string of the molecule is CC(=O)c1sc(N2C(=O)C(O)=C(C(=O)C=Cc3ccccc3)C2c2ccc(Cl)cc2)nc1C. The van der Waals surface area contributed by atoms with Crippen LogP contribution in [0.3, 0.4) is 0 Å². The molecule has 0 fully saturated rings. The monoisotopic (exact) mass is 478 g/mol. The van der Waals surface area contributed by atoms with Gasteiger partial charge in [0.2, 0.25) is 0 Å². The van der Waals surface area contributed by atoms with E-state index in [1.807, 2.05) is 30.3 Å². The third-order valence-electron chi connectivity index (χ3n) is 5.20. The van der Waals surface area contributed by atoms with Crippen LogP contribution in [-0.4, -0.2) is 27.6 Å². The summed E-state index contributed by atoms with van der Waals surface area (Å²) in [5, 5.41) is 11.5. The maximum absolute atomic E-state index is 13.2. The standard InChI is InChI=1S/C25H19ClN2O4S/c1-14-23(15(2)29)33-25(27-14)28-21(17-9-11-18(26)12-10-17)20(22(31)24(28)32)19(30)13-8-16-6-4-3-5-7-16/h3-13,21,31H,1-2H3. The van der Waals surface area contributed by atoms with E-state index in [9.17, 15) is 19.5 Å². The summed E-state index contributed by atoms with van der Waals surface area (Å²) in [7, 11) is 0. The Labute approximate surface area is 199 Å². The van der Waals surface area contributed by atoms with E-state index in [0.717, 1.165) is 16.9 Å². The molecule has 166 valence electrons. The van der Waals surface area contributed by atoms with Crippen molar-refractivity contribution in [3.63, 3.8) is 0 Å². The highest BCUT2D eigenvalue weighted by Crippen LogP contribution is 2.43. The molecule has 0 radical (unpaired) electrons. The maximum Gasteiger partial charge on any atom is 0.296 e. The summed E-state index contributed by atoms with van der Waals surface area (Å²) in [6.45, 7) is 3.10. The minimum absolute atomic E-state index is 0.0632. The van der Waals surface area contributed by atoms with Gasteiger partial charge in [0.25, 0.3) is 5.91 Å². The van der Waals surface area contributed by atoms with Crippen molar-refractivity contribution in [1.82, 2.24) is 4.98 Å². The molecule has 0 saturated heterocycles. The topological polar surface area (TPSA) is 87.6 Å². The molecule has 33 heavy (non-hydrogen) atoms. The Hall–Kier alpha value is -3.55. The number of aliphatic hydroxyl groups excluding tert-OH is 1. The first kappa shape index (κ1) is 22.6. The molecule has 8 heteroatoms. The zero-order valence-corrected chi connectivity index (χ0v) is 19.4. The van der Waals surface area contributed by atoms with Crippen molar-refractivity contribution in [2.45, 2.75) is 19.9 Å². The highest BCUT2D eigenvalue weighted by molar-refractivity contribution is 7.17. The van der Waals surface area contributed by atoms with Crippen molar-refractivity contribution >= 4 is 51.6 Å². The van der Waals surface area contributed by atoms with Crippen molar-refractivity contribution < 1.29 is 19.5 Å². The molecule has 2 aromatic carbocycles. The summed E-state index contributed by atoms with van der Waals surface area (Å²) in [4.78, 5) is 44.3. The average molecular weight is 479 g/mol. The highest BCUT2D eigenvalue weighted by atomic mass is 35.5. The number of halogens is 1. The predicted molar refractivity (Wildman–Crippen MR) is 129 cm³/mol. The third-order valence-corrected chi connectivity index (χ3v) is 6.71. The van der Waals surface area contributed by atoms with Gasteiger partial charge in [-0.05, 0) is 36.3 Å². The molecule has 6 nitrogen and oxygen atoms in total. The van der Waals surface area contributed by atoms with Gasteiger partial charge < -0.3 is 5.11 Å². The Kier molecular flexibility index (Phi) is 6.26. The lowest BCUT2D eigenvalue weighted by Crippen LogP contribution is -2.30.